The van der Waals surface area contributed by atoms with Crippen LogP contribution in [0, 0.1) is 0 Å². The molecule has 0 aliphatic heterocycles. The van der Waals surface area contributed by atoms with Gasteiger partial charge in [0.05, 0.1) is 31.8 Å². The maximum absolute atomic E-state index is 12.7. The highest BCUT2D eigenvalue weighted by Crippen LogP contribution is 2.40. The molecule has 0 amide bonds. The van der Waals surface area contributed by atoms with E-state index < -0.39 is 77.4 Å². The molecule has 24 heteroatoms. The predicted octanol–water partition coefficient (Wildman–Crippen LogP) is 2.36. The van der Waals surface area contributed by atoms with Crippen LogP contribution in [0.3, 0.4) is 0 Å². The molecule has 12 N–H and O–H groups in total. The van der Waals surface area contributed by atoms with Gasteiger partial charge in [0.15, 0.2) is 0 Å². The average molecular weight is 1020 g/mol. The molecule has 66 heavy (non-hydrogen) atoms. The van der Waals surface area contributed by atoms with E-state index >= 15 is 0 Å². The minimum absolute atomic E-state index is 0.153. The summed E-state index contributed by atoms with van der Waals surface area (Å²) in [4.78, 5) is 124. The smallest absolute Gasteiger partial charge is 0.321 e. The summed E-state index contributed by atoms with van der Waals surface area (Å²) in [6.07, 6.45) is -0.918. The van der Waals surface area contributed by atoms with Crippen LogP contribution in [0.15, 0.2) is 109 Å². The Morgan fingerprint density at radius 2 is 0.288 bits per heavy atom. The van der Waals surface area contributed by atoms with Gasteiger partial charge >= 0.3 is 45.6 Å². The summed E-state index contributed by atoms with van der Waals surface area (Å²) in [6.45, 7) is 0. The van der Waals surface area contributed by atoms with E-state index in [-0.39, 0.29) is 105 Å². The van der Waals surface area contributed by atoms with Gasteiger partial charge in [-0.2, -0.15) is 0 Å². The lowest BCUT2D eigenvalue weighted by Crippen LogP contribution is -2.13. The molecular weight excluding hydrogens is 978 g/mol. The number of rotatable bonds is 6. The summed E-state index contributed by atoms with van der Waals surface area (Å²) in [5.41, 5.74) is 3.22. The second-order valence-corrected chi connectivity index (χ2v) is 26.0. The fourth-order valence-electron chi connectivity index (χ4n) is 8.11. The Morgan fingerprint density at radius 3 is 0.364 bits per heavy atom. The van der Waals surface area contributed by atoms with Gasteiger partial charge in [-0.3, -0.25) is 27.4 Å². The molecule has 6 aromatic rings. The molecule has 1 aliphatic carbocycles. The first kappa shape index (κ1) is 50.1. The SMILES string of the molecule is O=P(O)(O)c1cc2cc(c1)Cc1cc(cc(P(=O)(O)O)c1)Cc1cc(cc(P(=O)(O)O)c1)Cc1cc(cc(P(=O)(O)O)c1)Cc1cc(cc(P(=O)(O)O)c1)Cc1cc(cc(P(=O)(O)O)c1)C2. The molecule has 0 radical (unpaired) electrons. The molecule has 1 aliphatic rings. The summed E-state index contributed by atoms with van der Waals surface area (Å²) in [6, 6.07) is 23.9. The van der Waals surface area contributed by atoms with Crippen LogP contribution in [0.25, 0.3) is 0 Å². The van der Waals surface area contributed by atoms with Gasteiger partial charge in [-0.25, -0.2) is 0 Å². The van der Waals surface area contributed by atoms with Crippen LogP contribution >= 0.6 is 45.6 Å². The lowest BCUT2D eigenvalue weighted by atomic mass is 9.94. The zero-order valence-corrected chi connectivity index (χ0v) is 39.5. The zero-order chi connectivity index (χ0) is 48.4. The molecule has 0 unspecified atom stereocenters. The summed E-state index contributed by atoms with van der Waals surface area (Å²) in [5.74, 6) is 0. The first-order valence-corrected chi connectivity index (χ1v) is 29.1. The third-order valence-corrected chi connectivity index (χ3v) is 16.3. The molecule has 348 valence electrons. The summed E-state index contributed by atoms with van der Waals surface area (Å²) in [7, 11) is -29.8. The van der Waals surface area contributed by atoms with Gasteiger partial charge in [0.25, 0.3) is 0 Å². The van der Waals surface area contributed by atoms with Gasteiger partial charge in [-0.1, -0.05) is 36.4 Å². The van der Waals surface area contributed by atoms with E-state index in [1.165, 1.54) is 72.8 Å². The topological polar surface area (TPSA) is 345 Å². The first-order chi connectivity index (χ1) is 30.3. The number of benzene rings is 6. The van der Waals surface area contributed by atoms with Gasteiger partial charge in [0.2, 0.25) is 0 Å². The Labute approximate surface area is 376 Å². The normalized spacial score (nSPS) is 14.4. The van der Waals surface area contributed by atoms with Crippen molar-refractivity contribution in [1.82, 2.24) is 0 Å². The maximum Gasteiger partial charge on any atom is 0.356 e. The monoisotopic (exact) mass is 1020 g/mol. The van der Waals surface area contributed by atoms with E-state index in [4.69, 9.17) is 0 Å². The molecule has 0 aromatic heterocycles. The second kappa shape index (κ2) is 18.3. The highest BCUT2D eigenvalue weighted by atomic mass is 31.2. The van der Waals surface area contributed by atoms with Crippen molar-refractivity contribution in [2.75, 3.05) is 0 Å². The molecule has 0 spiro atoms. The number of fused-ring (bicyclic) bond motifs is 12. The van der Waals surface area contributed by atoms with Gasteiger partial charge in [-0.15, -0.1) is 0 Å². The van der Waals surface area contributed by atoms with E-state index in [2.05, 4.69) is 0 Å². The van der Waals surface area contributed by atoms with Crippen molar-refractivity contribution in [2.45, 2.75) is 38.5 Å². The van der Waals surface area contributed by atoms with Crippen molar-refractivity contribution in [3.05, 3.63) is 176 Å². The third-order valence-electron chi connectivity index (χ3n) is 10.7. The fourth-order valence-corrected chi connectivity index (χ4v) is 12.1. The molecule has 0 heterocycles. The van der Waals surface area contributed by atoms with Crippen LogP contribution in [0.5, 0.6) is 0 Å². The molecule has 7 rings (SSSR count). The molecular formula is C42H42O18P6. The molecule has 18 nitrogen and oxygen atoms in total. The highest BCUT2D eigenvalue weighted by molar-refractivity contribution is 7.61. The average Bonchev–Trinajstić information content (AvgIpc) is 3.15. The van der Waals surface area contributed by atoms with Gasteiger partial charge in [0, 0.05) is 0 Å². The minimum atomic E-state index is -4.96. The quantitative estimate of drug-likeness (QED) is 0.106. The van der Waals surface area contributed by atoms with Crippen LogP contribution in [-0.2, 0) is 65.9 Å². The van der Waals surface area contributed by atoms with Crippen molar-refractivity contribution in [3.8, 4) is 0 Å². The minimum Gasteiger partial charge on any atom is -0.321 e. The lowest BCUT2D eigenvalue weighted by Gasteiger charge is -2.17. The Morgan fingerprint density at radius 1 is 0.197 bits per heavy atom. The van der Waals surface area contributed by atoms with Crippen molar-refractivity contribution < 1.29 is 86.1 Å². The van der Waals surface area contributed by atoms with E-state index in [1.54, 1.807) is 36.4 Å². The summed E-state index contributed by atoms with van der Waals surface area (Å²) < 4.78 is 76.3. The molecule has 0 fully saturated rings. The molecule has 0 saturated carbocycles. The van der Waals surface area contributed by atoms with Crippen LogP contribution in [-0.4, -0.2) is 58.7 Å². The second-order valence-electron chi connectivity index (χ2n) is 16.4. The molecule has 0 atom stereocenters. The Kier molecular flexibility index (Phi) is 13.9. The first-order valence-electron chi connectivity index (χ1n) is 19.5. The fraction of sp³-hybridized carbons (Fsp3) is 0.143. The predicted molar refractivity (Wildman–Crippen MR) is 246 cm³/mol. The van der Waals surface area contributed by atoms with E-state index in [0.717, 1.165) is 0 Å². The highest BCUT2D eigenvalue weighted by Gasteiger charge is 2.26. The van der Waals surface area contributed by atoms with Crippen LogP contribution < -0.4 is 31.8 Å². The molecule has 12 bridgehead atoms. The van der Waals surface area contributed by atoms with Crippen molar-refractivity contribution >= 4 is 77.4 Å². The van der Waals surface area contributed by atoms with E-state index in [1.807, 2.05) is 0 Å². The van der Waals surface area contributed by atoms with Gasteiger partial charge in [-0.05, 0) is 178 Å². The third kappa shape index (κ3) is 12.8. The van der Waals surface area contributed by atoms with Crippen molar-refractivity contribution in [2.24, 2.45) is 0 Å². The number of hydrogen-bond donors (Lipinski definition) is 12. The number of hydrogen-bond acceptors (Lipinski definition) is 6. The molecule has 6 aromatic carbocycles. The van der Waals surface area contributed by atoms with Gasteiger partial charge in [0.1, 0.15) is 0 Å². The summed E-state index contributed by atoms with van der Waals surface area (Å²) >= 11 is 0. The Bertz CT molecular complexity index is 2550. The van der Waals surface area contributed by atoms with Gasteiger partial charge < -0.3 is 58.7 Å². The lowest BCUT2D eigenvalue weighted by molar-refractivity contribution is 0.385. The van der Waals surface area contributed by atoms with E-state index in [9.17, 15) is 86.1 Å². The Balaban J connectivity index is 1.48. The van der Waals surface area contributed by atoms with Crippen LogP contribution in [0.1, 0.15) is 66.8 Å². The maximum atomic E-state index is 12.7. The van der Waals surface area contributed by atoms with Crippen molar-refractivity contribution in [1.29, 1.82) is 0 Å². The largest absolute Gasteiger partial charge is 0.356 e. The standard InChI is InChI=1S/C42H42O18P6/c43-61(44,45)37-13-25-1-26(14-37)8-28-3-30(18-39(16-28)63(49,50)51)10-32-5-34(22-41(20-32)65(55,56)57)12-36-6-35(23-42(24-36)66(58,59)60)11-33-4-31(19-40(21-33)64(52,53)54)9-29-2-27(7-25)15-38(17-29)62(46,47)48/h1-6,13-24H,7-12H2,(H2,43,44,45)(H2,46,47,48)(H2,49,50,51)(H2,52,53,54)(H2,55,56,57)(H2,58,59,60). The van der Waals surface area contributed by atoms with E-state index in [0.29, 0.717) is 0 Å². The van der Waals surface area contributed by atoms with Crippen LogP contribution in [0.2, 0.25) is 0 Å². The summed E-state index contributed by atoms with van der Waals surface area (Å²) in [5, 5.41) is -2.53. The molecule has 0 saturated heterocycles. The van der Waals surface area contributed by atoms with Crippen molar-refractivity contribution in [3.63, 3.8) is 0 Å². The van der Waals surface area contributed by atoms with Crippen LogP contribution in [0.4, 0.5) is 0 Å². The zero-order valence-electron chi connectivity index (χ0n) is 34.1. The Hall–Kier alpha value is -3.78.